The summed E-state index contributed by atoms with van der Waals surface area (Å²) in [4.78, 5) is 13.4. The van der Waals surface area contributed by atoms with Gasteiger partial charge < -0.3 is 19.1 Å². The first-order chi connectivity index (χ1) is 10.7. The molecule has 0 bridgehead atoms. The maximum absolute atomic E-state index is 12.2. The molecule has 22 heavy (non-hydrogen) atoms. The normalized spacial score (nSPS) is 21.2. The van der Waals surface area contributed by atoms with Gasteiger partial charge in [-0.25, -0.2) is 4.79 Å². The van der Waals surface area contributed by atoms with Gasteiger partial charge in [-0.2, -0.15) is 0 Å². The third-order valence-electron chi connectivity index (χ3n) is 4.22. The molecule has 0 aliphatic carbocycles. The van der Waals surface area contributed by atoms with Gasteiger partial charge in [0.15, 0.2) is 6.04 Å². The van der Waals surface area contributed by atoms with Crippen molar-refractivity contribution >= 4 is 5.97 Å². The van der Waals surface area contributed by atoms with Crippen LogP contribution in [0.4, 0.5) is 0 Å². The SMILES string of the molecule is CCOC(=O)[C@@H]1CCCC[NH+]1Cc1ccc(OC)cc1OC. The Morgan fingerprint density at radius 1 is 1.27 bits per heavy atom. The number of likely N-dealkylation sites (tertiary alicyclic amines) is 1. The van der Waals surface area contributed by atoms with Gasteiger partial charge in [-0.05, 0) is 31.9 Å². The first-order valence-corrected chi connectivity index (χ1v) is 7.91. The minimum atomic E-state index is -0.0790. The topological polar surface area (TPSA) is 49.2 Å². The number of methoxy groups -OCH3 is 2. The quantitative estimate of drug-likeness (QED) is 0.803. The molecular weight excluding hydrogens is 282 g/mol. The average Bonchev–Trinajstić information content (AvgIpc) is 2.56. The molecule has 1 aliphatic heterocycles. The molecule has 0 radical (unpaired) electrons. The summed E-state index contributed by atoms with van der Waals surface area (Å²) < 4.78 is 15.9. The molecule has 1 heterocycles. The molecule has 5 heteroatoms. The van der Waals surface area contributed by atoms with Gasteiger partial charge in [0.1, 0.15) is 18.0 Å². The summed E-state index contributed by atoms with van der Waals surface area (Å²) in [5.74, 6) is 1.50. The van der Waals surface area contributed by atoms with Crippen molar-refractivity contribution in [3.63, 3.8) is 0 Å². The number of hydrogen-bond acceptors (Lipinski definition) is 4. The number of carbonyl (C=O) groups excluding carboxylic acids is 1. The van der Waals surface area contributed by atoms with Crippen LogP contribution in [0, 0.1) is 0 Å². The Labute approximate surface area is 132 Å². The number of hydrogen-bond donors (Lipinski definition) is 1. The number of nitrogens with one attached hydrogen (secondary N) is 1. The van der Waals surface area contributed by atoms with Crippen LogP contribution in [0.2, 0.25) is 0 Å². The zero-order valence-electron chi connectivity index (χ0n) is 13.7. The van der Waals surface area contributed by atoms with Crippen LogP contribution in [0.5, 0.6) is 11.5 Å². The van der Waals surface area contributed by atoms with Crippen LogP contribution in [0.1, 0.15) is 31.7 Å². The largest absolute Gasteiger partial charge is 0.497 e. The molecule has 122 valence electrons. The van der Waals surface area contributed by atoms with Crippen molar-refractivity contribution in [3.05, 3.63) is 23.8 Å². The van der Waals surface area contributed by atoms with Crippen LogP contribution in [-0.4, -0.2) is 39.4 Å². The van der Waals surface area contributed by atoms with Gasteiger partial charge in [-0.3, -0.25) is 0 Å². The Morgan fingerprint density at radius 3 is 2.77 bits per heavy atom. The fraction of sp³-hybridized carbons (Fsp3) is 0.588. The van der Waals surface area contributed by atoms with Crippen LogP contribution in [-0.2, 0) is 16.1 Å². The van der Waals surface area contributed by atoms with Gasteiger partial charge in [0.05, 0.1) is 27.4 Å². The minimum Gasteiger partial charge on any atom is -0.497 e. The van der Waals surface area contributed by atoms with Crippen LogP contribution in [0.15, 0.2) is 18.2 Å². The Balaban J connectivity index is 2.14. The highest BCUT2D eigenvalue weighted by molar-refractivity contribution is 5.74. The molecule has 1 unspecified atom stereocenters. The van der Waals surface area contributed by atoms with Gasteiger partial charge in [-0.1, -0.05) is 0 Å². The lowest BCUT2D eigenvalue weighted by atomic mass is 10.0. The van der Waals surface area contributed by atoms with Crippen LogP contribution < -0.4 is 14.4 Å². The lowest BCUT2D eigenvalue weighted by Gasteiger charge is -2.31. The Kier molecular flexibility index (Phi) is 6.07. The molecule has 1 saturated heterocycles. The summed E-state index contributed by atoms with van der Waals surface area (Å²) in [5, 5.41) is 0. The van der Waals surface area contributed by atoms with Crippen molar-refractivity contribution in [1.29, 1.82) is 0 Å². The predicted molar refractivity (Wildman–Crippen MR) is 83.4 cm³/mol. The van der Waals surface area contributed by atoms with E-state index in [-0.39, 0.29) is 12.0 Å². The monoisotopic (exact) mass is 308 g/mol. The van der Waals surface area contributed by atoms with E-state index in [4.69, 9.17) is 14.2 Å². The Morgan fingerprint density at radius 2 is 2.09 bits per heavy atom. The van der Waals surface area contributed by atoms with E-state index in [9.17, 15) is 4.79 Å². The van der Waals surface area contributed by atoms with E-state index in [0.717, 1.165) is 49.4 Å². The van der Waals surface area contributed by atoms with Crippen LogP contribution in [0.3, 0.4) is 0 Å². The number of esters is 1. The second kappa shape index (κ2) is 8.03. The lowest BCUT2D eigenvalue weighted by Crippen LogP contribution is -3.16. The molecule has 2 atom stereocenters. The van der Waals surface area contributed by atoms with Crippen LogP contribution >= 0.6 is 0 Å². The van der Waals surface area contributed by atoms with Crippen molar-refractivity contribution in [2.45, 2.75) is 38.8 Å². The fourth-order valence-electron chi connectivity index (χ4n) is 3.06. The van der Waals surface area contributed by atoms with Crippen molar-refractivity contribution in [2.75, 3.05) is 27.4 Å². The number of piperidine rings is 1. The molecule has 1 aromatic rings. The summed E-state index contributed by atoms with van der Waals surface area (Å²) in [6.45, 7) is 4.04. The van der Waals surface area contributed by atoms with Crippen LogP contribution in [0.25, 0.3) is 0 Å². The molecule has 1 aromatic carbocycles. The molecule has 0 spiro atoms. The average molecular weight is 308 g/mol. The molecule has 1 N–H and O–H groups in total. The third kappa shape index (κ3) is 3.91. The summed E-state index contributed by atoms with van der Waals surface area (Å²) in [5.41, 5.74) is 1.09. The minimum absolute atomic E-state index is 0.0690. The number of rotatable bonds is 6. The van der Waals surface area contributed by atoms with Crippen molar-refractivity contribution in [3.8, 4) is 11.5 Å². The molecule has 2 rings (SSSR count). The van der Waals surface area contributed by atoms with Gasteiger partial charge in [0.25, 0.3) is 0 Å². The highest BCUT2D eigenvalue weighted by Gasteiger charge is 2.34. The molecule has 0 aromatic heterocycles. The number of carbonyl (C=O) groups is 1. The first-order valence-electron chi connectivity index (χ1n) is 7.91. The van der Waals surface area contributed by atoms with Crippen molar-refractivity contribution < 1.29 is 23.9 Å². The van der Waals surface area contributed by atoms with Gasteiger partial charge in [0, 0.05) is 18.1 Å². The van der Waals surface area contributed by atoms with Crippen molar-refractivity contribution in [1.82, 2.24) is 0 Å². The number of benzene rings is 1. The zero-order valence-corrected chi connectivity index (χ0v) is 13.7. The first kappa shape index (κ1) is 16.6. The Bertz CT molecular complexity index is 503. The third-order valence-corrected chi connectivity index (χ3v) is 4.22. The van der Waals surface area contributed by atoms with E-state index in [1.807, 2.05) is 25.1 Å². The Hall–Kier alpha value is -1.75. The second-order valence-electron chi connectivity index (χ2n) is 5.56. The van der Waals surface area contributed by atoms with E-state index >= 15 is 0 Å². The van der Waals surface area contributed by atoms with Gasteiger partial charge in [0.2, 0.25) is 0 Å². The highest BCUT2D eigenvalue weighted by atomic mass is 16.5. The van der Waals surface area contributed by atoms with E-state index in [1.54, 1.807) is 14.2 Å². The second-order valence-corrected chi connectivity index (χ2v) is 5.56. The smallest absolute Gasteiger partial charge is 0.364 e. The zero-order chi connectivity index (χ0) is 15.9. The standard InChI is InChI=1S/C17H25NO4/c1-4-22-17(19)15-7-5-6-10-18(15)12-13-8-9-14(20-2)11-16(13)21-3/h8-9,11,15H,4-7,10,12H2,1-3H3/p+1/t15-/m0/s1. The van der Waals surface area contributed by atoms with Gasteiger partial charge >= 0.3 is 5.97 Å². The van der Waals surface area contributed by atoms with Gasteiger partial charge in [-0.15, -0.1) is 0 Å². The van der Waals surface area contributed by atoms with E-state index < -0.39 is 0 Å². The fourth-order valence-corrected chi connectivity index (χ4v) is 3.06. The molecule has 1 fully saturated rings. The maximum Gasteiger partial charge on any atom is 0.364 e. The molecule has 0 amide bonds. The molecule has 5 nitrogen and oxygen atoms in total. The van der Waals surface area contributed by atoms with Crippen molar-refractivity contribution in [2.24, 2.45) is 0 Å². The molecular formula is C17H26NO4+. The summed E-state index contributed by atoms with van der Waals surface area (Å²) in [7, 11) is 3.30. The lowest BCUT2D eigenvalue weighted by molar-refractivity contribution is -0.935. The van der Waals surface area contributed by atoms with E-state index in [1.165, 1.54) is 4.90 Å². The molecule has 0 saturated carbocycles. The summed E-state index contributed by atoms with van der Waals surface area (Å²) >= 11 is 0. The number of quaternary nitrogens is 1. The summed E-state index contributed by atoms with van der Waals surface area (Å²) in [6, 6.07) is 5.76. The molecule has 1 aliphatic rings. The number of ether oxygens (including phenoxy) is 3. The summed E-state index contributed by atoms with van der Waals surface area (Å²) in [6.07, 6.45) is 3.13. The predicted octanol–water partition coefficient (Wildman–Crippen LogP) is 1.20. The van der Waals surface area contributed by atoms with E-state index in [2.05, 4.69) is 0 Å². The highest BCUT2D eigenvalue weighted by Crippen LogP contribution is 2.24. The maximum atomic E-state index is 12.2. The van der Waals surface area contributed by atoms with E-state index in [0.29, 0.717) is 6.61 Å².